The number of H-pyrrole nitrogens is 1. The van der Waals surface area contributed by atoms with E-state index in [-0.39, 0.29) is 5.56 Å². The highest BCUT2D eigenvalue weighted by molar-refractivity contribution is 7.98. The standard InChI is InChI=1S/C22H20N6O2S2/c1-11-4-6-14(7-5-11)17-13(3)32-21-18(17)20(29)24-16(25-21)10-31-22-27-26-19(28(22)23)15-8-9-30-12(15)2/h4-9H,10,23H2,1-3H3,(H,24,25,29). The van der Waals surface area contributed by atoms with Gasteiger partial charge >= 0.3 is 0 Å². The number of nitrogens with one attached hydrogen (secondary N) is 1. The molecule has 0 aliphatic carbocycles. The van der Waals surface area contributed by atoms with Crippen molar-refractivity contribution in [2.75, 3.05) is 5.84 Å². The van der Waals surface area contributed by atoms with Crippen LogP contribution in [0.1, 0.15) is 22.0 Å². The van der Waals surface area contributed by atoms with E-state index in [1.807, 2.05) is 45.0 Å². The number of aromatic nitrogens is 5. The Morgan fingerprint density at radius 3 is 2.66 bits per heavy atom. The van der Waals surface area contributed by atoms with Crippen molar-refractivity contribution >= 4 is 33.3 Å². The average molecular weight is 465 g/mol. The van der Waals surface area contributed by atoms with Gasteiger partial charge in [-0.2, -0.15) is 0 Å². The molecular weight excluding hydrogens is 444 g/mol. The number of nitrogens with zero attached hydrogens (tertiary/aromatic N) is 4. The molecule has 0 unspecified atom stereocenters. The van der Waals surface area contributed by atoms with Crippen LogP contribution in [0, 0.1) is 20.8 Å². The van der Waals surface area contributed by atoms with E-state index in [1.54, 1.807) is 12.3 Å². The number of nitrogen functional groups attached to an aromatic ring is 1. The molecule has 0 bridgehead atoms. The van der Waals surface area contributed by atoms with E-state index in [0.29, 0.717) is 27.9 Å². The zero-order chi connectivity index (χ0) is 22.4. The fourth-order valence-corrected chi connectivity index (χ4v) is 5.40. The number of thiophene rings is 1. The van der Waals surface area contributed by atoms with Crippen LogP contribution >= 0.6 is 23.1 Å². The van der Waals surface area contributed by atoms with Crippen LogP contribution in [-0.2, 0) is 5.75 Å². The van der Waals surface area contributed by atoms with Gasteiger partial charge in [-0.3, -0.25) is 4.79 Å². The average Bonchev–Trinajstić information content (AvgIpc) is 3.44. The summed E-state index contributed by atoms with van der Waals surface area (Å²) in [6.07, 6.45) is 1.59. The first-order valence-corrected chi connectivity index (χ1v) is 11.7. The number of benzene rings is 1. The Hall–Kier alpha value is -3.37. The maximum atomic E-state index is 13.0. The molecule has 0 aliphatic rings. The highest BCUT2D eigenvalue weighted by atomic mass is 32.2. The molecule has 162 valence electrons. The number of aryl methyl sites for hydroxylation is 3. The second-order valence-electron chi connectivity index (χ2n) is 7.45. The maximum absolute atomic E-state index is 13.0. The SMILES string of the molecule is Cc1ccc(-c2c(C)sc3nc(CSc4nnc(-c5ccoc5C)n4N)[nH]c(=O)c23)cc1. The summed E-state index contributed by atoms with van der Waals surface area (Å²) < 4.78 is 6.74. The van der Waals surface area contributed by atoms with Gasteiger partial charge in [-0.15, -0.1) is 21.5 Å². The van der Waals surface area contributed by atoms with E-state index < -0.39 is 0 Å². The van der Waals surface area contributed by atoms with Crippen molar-refractivity contribution in [3.63, 3.8) is 0 Å². The molecule has 0 fully saturated rings. The van der Waals surface area contributed by atoms with Crippen molar-refractivity contribution in [2.24, 2.45) is 0 Å². The van der Waals surface area contributed by atoms with Crippen LogP contribution in [0.25, 0.3) is 32.7 Å². The molecule has 0 aliphatic heterocycles. The molecule has 0 spiro atoms. The number of hydrogen-bond donors (Lipinski definition) is 2. The van der Waals surface area contributed by atoms with E-state index in [2.05, 4.69) is 15.2 Å². The molecule has 1 aromatic carbocycles. The van der Waals surface area contributed by atoms with Crippen LogP contribution < -0.4 is 11.4 Å². The molecule has 5 aromatic rings. The molecule has 3 N–H and O–H groups in total. The lowest BCUT2D eigenvalue weighted by molar-refractivity contribution is 0.535. The zero-order valence-corrected chi connectivity index (χ0v) is 19.3. The molecule has 5 rings (SSSR count). The molecule has 0 saturated heterocycles. The predicted molar refractivity (Wildman–Crippen MR) is 127 cm³/mol. The molecule has 32 heavy (non-hydrogen) atoms. The second kappa shape index (κ2) is 7.95. The second-order valence-corrected chi connectivity index (χ2v) is 9.59. The third kappa shape index (κ3) is 3.51. The molecule has 10 heteroatoms. The van der Waals surface area contributed by atoms with Crippen LogP contribution in [-0.4, -0.2) is 24.8 Å². The summed E-state index contributed by atoms with van der Waals surface area (Å²) in [7, 11) is 0. The van der Waals surface area contributed by atoms with E-state index in [1.165, 1.54) is 33.3 Å². The molecule has 0 amide bonds. The fourth-order valence-electron chi connectivity index (χ4n) is 3.61. The summed E-state index contributed by atoms with van der Waals surface area (Å²) in [5.41, 5.74) is 3.79. The van der Waals surface area contributed by atoms with Crippen molar-refractivity contribution < 1.29 is 4.42 Å². The highest BCUT2D eigenvalue weighted by Crippen LogP contribution is 2.36. The van der Waals surface area contributed by atoms with Crippen LogP contribution in [0.15, 0.2) is 51.0 Å². The van der Waals surface area contributed by atoms with Crippen molar-refractivity contribution in [1.82, 2.24) is 24.8 Å². The number of thioether (sulfide) groups is 1. The lowest BCUT2D eigenvalue weighted by Crippen LogP contribution is -2.13. The Labute approximate surface area is 191 Å². The highest BCUT2D eigenvalue weighted by Gasteiger charge is 2.19. The van der Waals surface area contributed by atoms with Crippen molar-refractivity contribution in [2.45, 2.75) is 31.7 Å². The third-order valence-electron chi connectivity index (χ3n) is 5.23. The van der Waals surface area contributed by atoms with Crippen molar-refractivity contribution in [1.29, 1.82) is 0 Å². The van der Waals surface area contributed by atoms with Crippen LogP contribution in [0.2, 0.25) is 0 Å². The smallest absolute Gasteiger partial charge is 0.260 e. The molecular formula is C22H20N6O2S2. The van der Waals surface area contributed by atoms with Gasteiger partial charge in [-0.05, 0) is 32.4 Å². The monoisotopic (exact) mass is 464 g/mol. The topological polar surface area (TPSA) is 116 Å². The van der Waals surface area contributed by atoms with Gasteiger partial charge in [0.1, 0.15) is 16.4 Å². The molecule has 4 heterocycles. The maximum Gasteiger partial charge on any atom is 0.260 e. The van der Waals surface area contributed by atoms with Gasteiger partial charge in [-0.1, -0.05) is 41.6 Å². The van der Waals surface area contributed by atoms with Gasteiger partial charge in [-0.25, -0.2) is 9.66 Å². The Balaban J connectivity index is 1.44. The largest absolute Gasteiger partial charge is 0.469 e. The summed E-state index contributed by atoms with van der Waals surface area (Å²) in [5, 5.41) is 9.49. The minimum atomic E-state index is -0.144. The Bertz CT molecular complexity index is 1490. The quantitative estimate of drug-likeness (QED) is 0.292. The van der Waals surface area contributed by atoms with Crippen molar-refractivity contribution in [3.05, 3.63) is 69.0 Å². The summed E-state index contributed by atoms with van der Waals surface area (Å²) in [5.74, 6) is 8.39. The minimum Gasteiger partial charge on any atom is -0.469 e. The first-order chi connectivity index (χ1) is 15.4. The van der Waals surface area contributed by atoms with E-state index in [9.17, 15) is 4.79 Å². The van der Waals surface area contributed by atoms with Crippen LogP contribution in [0.4, 0.5) is 0 Å². The van der Waals surface area contributed by atoms with Gasteiger partial charge in [0, 0.05) is 10.4 Å². The zero-order valence-electron chi connectivity index (χ0n) is 17.7. The van der Waals surface area contributed by atoms with Gasteiger partial charge in [0.15, 0.2) is 5.82 Å². The summed E-state index contributed by atoms with van der Waals surface area (Å²) in [4.78, 5) is 22.4. The van der Waals surface area contributed by atoms with E-state index in [4.69, 9.17) is 15.2 Å². The first-order valence-electron chi connectivity index (χ1n) is 9.89. The number of rotatable bonds is 5. The Kier molecular flexibility index (Phi) is 5.10. The van der Waals surface area contributed by atoms with Crippen LogP contribution in [0.5, 0.6) is 0 Å². The van der Waals surface area contributed by atoms with Crippen LogP contribution in [0.3, 0.4) is 0 Å². The number of nitrogens with two attached hydrogens (primary N) is 1. The molecule has 0 saturated carbocycles. The summed E-state index contributed by atoms with van der Waals surface area (Å²) in [6, 6.07) is 9.98. The lowest BCUT2D eigenvalue weighted by Gasteiger charge is -2.04. The van der Waals surface area contributed by atoms with Crippen molar-refractivity contribution in [3.8, 4) is 22.5 Å². The number of fused-ring (bicyclic) bond motifs is 1. The molecule has 0 radical (unpaired) electrons. The van der Waals surface area contributed by atoms with Gasteiger partial charge in [0.25, 0.3) is 5.56 Å². The number of aromatic amines is 1. The summed E-state index contributed by atoms with van der Waals surface area (Å²) >= 11 is 2.88. The predicted octanol–water partition coefficient (Wildman–Crippen LogP) is 4.43. The molecule has 4 aromatic heterocycles. The van der Waals surface area contributed by atoms with Gasteiger partial charge < -0.3 is 15.2 Å². The molecule has 0 atom stereocenters. The number of hydrogen-bond acceptors (Lipinski definition) is 8. The van der Waals surface area contributed by atoms with E-state index in [0.717, 1.165) is 32.2 Å². The Morgan fingerprint density at radius 2 is 1.94 bits per heavy atom. The fraction of sp³-hybridized carbons (Fsp3) is 0.182. The van der Waals surface area contributed by atoms with Gasteiger partial charge in [0.2, 0.25) is 5.16 Å². The first kappa shape index (κ1) is 20.5. The normalized spacial score (nSPS) is 11.5. The van der Waals surface area contributed by atoms with E-state index >= 15 is 0 Å². The number of furan rings is 1. The molecule has 8 nitrogen and oxygen atoms in total. The summed E-state index contributed by atoms with van der Waals surface area (Å²) in [6.45, 7) is 5.91. The Morgan fingerprint density at radius 1 is 1.16 bits per heavy atom. The lowest BCUT2D eigenvalue weighted by atomic mass is 10.0. The van der Waals surface area contributed by atoms with Gasteiger partial charge in [0.05, 0.1) is 23.0 Å². The minimum absolute atomic E-state index is 0.144. The third-order valence-corrected chi connectivity index (χ3v) is 7.18.